The number of aryl methyl sites for hydroxylation is 2. The van der Waals surface area contributed by atoms with E-state index in [0.29, 0.717) is 17.6 Å². The molecular formula is C18H22F3N3O5. The quantitative estimate of drug-likeness (QED) is 0.812. The molecule has 0 aliphatic carbocycles. The van der Waals surface area contributed by atoms with Crippen molar-refractivity contribution in [2.75, 3.05) is 13.1 Å². The lowest BCUT2D eigenvalue weighted by molar-refractivity contribution is -0.192. The highest BCUT2D eigenvalue weighted by molar-refractivity contribution is 5.73. The number of likely N-dealkylation sites (tertiary alicyclic amines) is 1. The summed E-state index contributed by atoms with van der Waals surface area (Å²) in [4.78, 5) is 15.6. The number of nitrogens with zero attached hydrogens (tertiary/aromatic N) is 3. The number of aromatic nitrogens is 2. The third-order valence-electron chi connectivity index (χ3n) is 4.87. The van der Waals surface area contributed by atoms with Crippen molar-refractivity contribution in [2.24, 2.45) is 5.92 Å². The largest absolute Gasteiger partial charge is 0.490 e. The average molecular weight is 417 g/mol. The van der Waals surface area contributed by atoms with Crippen molar-refractivity contribution in [1.29, 1.82) is 0 Å². The van der Waals surface area contributed by atoms with Gasteiger partial charge in [-0.2, -0.15) is 18.2 Å². The van der Waals surface area contributed by atoms with E-state index >= 15 is 0 Å². The molecule has 2 saturated heterocycles. The minimum atomic E-state index is -5.08. The Morgan fingerprint density at radius 1 is 1.34 bits per heavy atom. The molecule has 0 spiro atoms. The second-order valence-electron chi connectivity index (χ2n) is 7.18. The molecular weight excluding hydrogens is 395 g/mol. The number of carboxylic acids is 1. The molecule has 2 fully saturated rings. The second-order valence-corrected chi connectivity index (χ2v) is 7.18. The van der Waals surface area contributed by atoms with E-state index in [1.807, 2.05) is 19.9 Å². The minimum Gasteiger partial charge on any atom is -0.475 e. The van der Waals surface area contributed by atoms with Gasteiger partial charge in [0.05, 0.1) is 12.6 Å². The van der Waals surface area contributed by atoms with Gasteiger partial charge in [-0.05, 0) is 51.3 Å². The highest BCUT2D eigenvalue weighted by atomic mass is 19.4. The SMILES string of the molecule is Cc1noc([C@H]2C[C@@H]3CCN(Cc4ccc(C)o4)C[C@H]3O2)n1.O=C(O)C(F)(F)F. The molecule has 2 aliphatic rings. The number of ether oxygens (including phenoxy) is 1. The molecule has 29 heavy (non-hydrogen) atoms. The lowest BCUT2D eigenvalue weighted by Gasteiger charge is -2.33. The fourth-order valence-corrected chi connectivity index (χ4v) is 3.53. The zero-order valence-corrected chi connectivity index (χ0v) is 16.0. The molecule has 0 bridgehead atoms. The molecule has 0 unspecified atom stereocenters. The van der Waals surface area contributed by atoms with E-state index in [-0.39, 0.29) is 12.2 Å². The van der Waals surface area contributed by atoms with Gasteiger partial charge in [-0.15, -0.1) is 0 Å². The zero-order valence-electron chi connectivity index (χ0n) is 16.0. The van der Waals surface area contributed by atoms with Gasteiger partial charge >= 0.3 is 12.1 Å². The van der Waals surface area contributed by atoms with Crippen molar-refractivity contribution in [2.45, 2.75) is 51.6 Å². The summed E-state index contributed by atoms with van der Waals surface area (Å²) in [7, 11) is 0. The number of fused-ring (bicyclic) bond motifs is 1. The van der Waals surface area contributed by atoms with Crippen LogP contribution in [-0.2, 0) is 16.1 Å². The van der Waals surface area contributed by atoms with Crippen molar-refractivity contribution in [1.82, 2.24) is 15.0 Å². The fraction of sp³-hybridized carbons (Fsp3) is 0.611. The Labute approximate surface area is 164 Å². The van der Waals surface area contributed by atoms with E-state index in [2.05, 4.69) is 21.1 Å². The molecule has 3 atom stereocenters. The van der Waals surface area contributed by atoms with Crippen LogP contribution in [-0.4, -0.2) is 51.5 Å². The van der Waals surface area contributed by atoms with E-state index in [0.717, 1.165) is 44.0 Å². The smallest absolute Gasteiger partial charge is 0.475 e. The van der Waals surface area contributed by atoms with Crippen LogP contribution in [0.15, 0.2) is 21.1 Å². The van der Waals surface area contributed by atoms with Gasteiger partial charge in [0, 0.05) is 6.54 Å². The van der Waals surface area contributed by atoms with Crippen molar-refractivity contribution >= 4 is 5.97 Å². The summed E-state index contributed by atoms with van der Waals surface area (Å²) in [6, 6.07) is 4.07. The molecule has 0 amide bonds. The molecule has 11 heteroatoms. The van der Waals surface area contributed by atoms with E-state index < -0.39 is 12.1 Å². The van der Waals surface area contributed by atoms with E-state index in [4.69, 9.17) is 23.6 Å². The molecule has 2 aromatic heterocycles. The third kappa shape index (κ3) is 5.57. The van der Waals surface area contributed by atoms with Gasteiger partial charge < -0.3 is 18.8 Å². The van der Waals surface area contributed by atoms with Gasteiger partial charge in [0.1, 0.15) is 17.6 Å². The van der Waals surface area contributed by atoms with Gasteiger partial charge in [0.25, 0.3) is 5.89 Å². The number of alkyl halides is 3. The van der Waals surface area contributed by atoms with E-state index in [9.17, 15) is 13.2 Å². The van der Waals surface area contributed by atoms with Crippen molar-refractivity contribution in [3.8, 4) is 0 Å². The molecule has 0 saturated carbocycles. The number of halogens is 3. The maximum Gasteiger partial charge on any atom is 0.490 e. The maximum absolute atomic E-state index is 10.6. The Kier molecular flexibility index (Phi) is 6.27. The number of carboxylic acid groups (broad SMARTS) is 1. The van der Waals surface area contributed by atoms with Crippen LogP contribution in [0.2, 0.25) is 0 Å². The fourth-order valence-electron chi connectivity index (χ4n) is 3.53. The Balaban J connectivity index is 0.000000298. The number of rotatable bonds is 3. The third-order valence-corrected chi connectivity index (χ3v) is 4.87. The van der Waals surface area contributed by atoms with Crippen LogP contribution in [0.25, 0.3) is 0 Å². The first-order chi connectivity index (χ1) is 13.6. The normalized spacial score (nSPS) is 24.7. The highest BCUT2D eigenvalue weighted by Crippen LogP contribution is 2.40. The van der Waals surface area contributed by atoms with Gasteiger partial charge in [-0.1, -0.05) is 5.16 Å². The van der Waals surface area contributed by atoms with Crippen molar-refractivity contribution in [3.05, 3.63) is 35.4 Å². The molecule has 4 heterocycles. The predicted octanol–water partition coefficient (Wildman–Crippen LogP) is 3.26. The van der Waals surface area contributed by atoms with Crippen LogP contribution < -0.4 is 0 Å². The Hall–Kier alpha value is -2.40. The first-order valence-corrected chi connectivity index (χ1v) is 9.15. The van der Waals surface area contributed by atoms with Crippen LogP contribution in [0.4, 0.5) is 13.2 Å². The molecule has 160 valence electrons. The maximum atomic E-state index is 10.6. The molecule has 1 N–H and O–H groups in total. The predicted molar refractivity (Wildman–Crippen MR) is 91.8 cm³/mol. The van der Waals surface area contributed by atoms with Gasteiger partial charge in [0.15, 0.2) is 5.82 Å². The van der Waals surface area contributed by atoms with Crippen LogP contribution in [0.3, 0.4) is 0 Å². The first-order valence-electron chi connectivity index (χ1n) is 9.15. The summed E-state index contributed by atoms with van der Waals surface area (Å²) in [6.45, 7) is 6.69. The van der Waals surface area contributed by atoms with Gasteiger partial charge in [0.2, 0.25) is 0 Å². The number of hydrogen-bond donors (Lipinski definition) is 1. The Morgan fingerprint density at radius 3 is 2.62 bits per heavy atom. The van der Waals surface area contributed by atoms with Crippen molar-refractivity contribution < 1.29 is 36.7 Å². The number of hydrogen-bond acceptors (Lipinski definition) is 7. The summed E-state index contributed by atoms with van der Waals surface area (Å²) < 4.78 is 48.8. The zero-order chi connectivity index (χ0) is 21.2. The summed E-state index contributed by atoms with van der Waals surface area (Å²) in [5.74, 6) is 1.12. The van der Waals surface area contributed by atoms with E-state index in [1.165, 1.54) is 0 Å². The van der Waals surface area contributed by atoms with Crippen LogP contribution in [0.1, 0.15) is 42.2 Å². The first kappa shape index (κ1) is 21.3. The molecule has 4 rings (SSSR count). The minimum absolute atomic E-state index is 0.0398. The van der Waals surface area contributed by atoms with Gasteiger partial charge in [-0.25, -0.2) is 4.79 Å². The molecule has 2 aliphatic heterocycles. The van der Waals surface area contributed by atoms with Crippen LogP contribution in [0.5, 0.6) is 0 Å². The molecule has 0 aromatic carbocycles. The molecule has 2 aromatic rings. The Morgan fingerprint density at radius 2 is 2.07 bits per heavy atom. The standard InChI is InChI=1S/C16H21N3O3.C2HF3O2/c1-10-3-4-13(20-10)8-19-6-5-12-7-14(21-15(12)9-19)16-17-11(2)18-22-16;3-2(4,5)1(6)7/h3-4,12,14-15H,5-9H2,1-2H3;(H,6,7)/t12-,14+,15+;/m0./s1. The van der Waals surface area contributed by atoms with Gasteiger partial charge in [-0.3, -0.25) is 4.90 Å². The number of furan rings is 1. The van der Waals surface area contributed by atoms with Crippen molar-refractivity contribution in [3.63, 3.8) is 0 Å². The van der Waals surface area contributed by atoms with E-state index in [1.54, 1.807) is 0 Å². The summed E-state index contributed by atoms with van der Waals surface area (Å²) in [5, 5.41) is 11.0. The van der Waals surface area contributed by atoms with Crippen LogP contribution >= 0.6 is 0 Å². The second kappa shape index (κ2) is 8.54. The lowest BCUT2D eigenvalue weighted by atomic mass is 9.92. The summed E-state index contributed by atoms with van der Waals surface area (Å²) >= 11 is 0. The topological polar surface area (TPSA) is 102 Å². The monoisotopic (exact) mass is 417 g/mol. The highest BCUT2D eigenvalue weighted by Gasteiger charge is 2.41. The van der Waals surface area contributed by atoms with Crippen LogP contribution in [0, 0.1) is 19.8 Å². The average Bonchev–Trinajstić information content (AvgIpc) is 3.34. The summed E-state index contributed by atoms with van der Waals surface area (Å²) in [5.41, 5.74) is 0. The lowest BCUT2D eigenvalue weighted by Crippen LogP contribution is -2.41. The summed E-state index contributed by atoms with van der Waals surface area (Å²) in [6.07, 6.45) is -2.74. The number of carbonyl (C=O) groups is 1. The molecule has 8 nitrogen and oxygen atoms in total. The number of aliphatic carboxylic acids is 1. The number of piperidine rings is 1. The molecule has 0 radical (unpaired) electrons. The Bertz CT molecular complexity index is 835.